The van der Waals surface area contributed by atoms with Crippen LogP contribution in [0.15, 0.2) is 59.5 Å². The Balaban J connectivity index is 2.15. The van der Waals surface area contributed by atoms with Crippen LogP contribution in [0.2, 0.25) is 0 Å². The number of thioether (sulfide) groups is 1. The quantitative estimate of drug-likeness (QED) is 0.699. The first-order valence-electron chi connectivity index (χ1n) is 8.89. The second kappa shape index (κ2) is 10.1. The van der Waals surface area contributed by atoms with Gasteiger partial charge in [-0.1, -0.05) is 36.4 Å². The van der Waals surface area contributed by atoms with E-state index in [4.69, 9.17) is 0 Å². The molecule has 0 saturated heterocycles. The number of carbonyl (C=O) groups excluding carboxylic acids is 2. The summed E-state index contributed by atoms with van der Waals surface area (Å²) in [4.78, 5) is 27.7. The zero-order valence-electron chi connectivity index (χ0n) is 15.8. The molecular formula is C21H25FN2O2S. The maximum Gasteiger partial charge on any atom is 0.242 e. The molecule has 144 valence electrons. The lowest BCUT2D eigenvalue weighted by molar-refractivity contribution is -0.138. The normalized spacial score (nSPS) is 11.9. The molecule has 2 aromatic carbocycles. The van der Waals surface area contributed by atoms with Gasteiger partial charge in [-0.3, -0.25) is 9.59 Å². The van der Waals surface area contributed by atoms with Crippen LogP contribution in [0.5, 0.6) is 0 Å². The van der Waals surface area contributed by atoms with Crippen LogP contribution < -0.4 is 5.32 Å². The topological polar surface area (TPSA) is 49.4 Å². The molecule has 0 aromatic heterocycles. The van der Waals surface area contributed by atoms with E-state index in [0.29, 0.717) is 5.56 Å². The van der Waals surface area contributed by atoms with Crippen LogP contribution >= 0.6 is 11.8 Å². The third kappa shape index (κ3) is 6.40. The van der Waals surface area contributed by atoms with E-state index < -0.39 is 6.04 Å². The van der Waals surface area contributed by atoms with Crippen LogP contribution in [0.3, 0.4) is 0 Å². The van der Waals surface area contributed by atoms with Crippen molar-refractivity contribution in [1.82, 2.24) is 10.2 Å². The maximum atomic E-state index is 14.1. The Labute approximate surface area is 164 Å². The first-order valence-corrected chi connectivity index (χ1v) is 9.88. The average molecular weight is 389 g/mol. The van der Waals surface area contributed by atoms with Crippen molar-refractivity contribution >= 4 is 23.6 Å². The number of carbonyl (C=O) groups is 2. The van der Waals surface area contributed by atoms with Crippen molar-refractivity contribution < 1.29 is 14.0 Å². The lowest BCUT2D eigenvalue weighted by Crippen LogP contribution is -2.49. The molecule has 2 amide bonds. The molecule has 27 heavy (non-hydrogen) atoms. The van der Waals surface area contributed by atoms with Crippen molar-refractivity contribution in [3.05, 3.63) is 66.0 Å². The van der Waals surface area contributed by atoms with Crippen LogP contribution in [0, 0.1) is 5.82 Å². The van der Waals surface area contributed by atoms with E-state index in [0.717, 1.165) is 4.90 Å². The zero-order valence-corrected chi connectivity index (χ0v) is 16.6. The van der Waals surface area contributed by atoms with Gasteiger partial charge in [0.2, 0.25) is 11.8 Å². The van der Waals surface area contributed by atoms with Crippen molar-refractivity contribution in [2.45, 2.75) is 44.3 Å². The van der Waals surface area contributed by atoms with Gasteiger partial charge < -0.3 is 10.2 Å². The van der Waals surface area contributed by atoms with Gasteiger partial charge >= 0.3 is 0 Å². The second-order valence-corrected chi connectivity index (χ2v) is 7.60. The number of hydrogen-bond acceptors (Lipinski definition) is 3. The van der Waals surface area contributed by atoms with Crippen molar-refractivity contribution in [1.29, 1.82) is 0 Å². The van der Waals surface area contributed by atoms with Gasteiger partial charge in [0.1, 0.15) is 11.9 Å². The molecular weight excluding hydrogens is 363 g/mol. The van der Waals surface area contributed by atoms with Crippen molar-refractivity contribution in [2.24, 2.45) is 0 Å². The molecule has 0 spiro atoms. The predicted octanol–water partition coefficient (Wildman–Crippen LogP) is 3.86. The molecule has 0 saturated carbocycles. The summed E-state index contributed by atoms with van der Waals surface area (Å²) < 4.78 is 14.1. The Morgan fingerprint density at radius 1 is 1.04 bits per heavy atom. The molecule has 0 aliphatic rings. The highest BCUT2D eigenvalue weighted by Crippen LogP contribution is 2.20. The molecule has 1 N–H and O–H groups in total. The third-order valence-electron chi connectivity index (χ3n) is 4.00. The number of amides is 2. The van der Waals surface area contributed by atoms with Gasteiger partial charge in [-0.05, 0) is 39.0 Å². The predicted molar refractivity (Wildman–Crippen MR) is 107 cm³/mol. The third-order valence-corrected chi connectivity index (χ3v) is 5.00. The highest BCUT2D eigenvalue weighted by atomic mass is 32.2. The Hall–Kier alpha value is -2.34. The number of benzene rings is 2. The average Bonchev–Trinajstić information content (AvgIpc) is 2.65. The minimum absolute atomic E-state index is 0.0379. The highest BCUT2D eigenvalue weighted by molar-refractivity contribution is 8.00. The summed E-state index contributed by atoms with van der Waals surface area (Å²) in [6, 6.07) is 15.1. The first-order chi connectivity index (χ1) is 12.9. The largest absolute Gasteiger partial charge is 0.352 e. The van der Waals surface area contributed by atoms with Gasteiger partial charge in [-0.2, -0.15) is 0 Å². The fourth-order valence-corrected chi connectivity index (χ4v) is 3.35. The van der Waals surface area contributed by atoms with E-state index >= 15 is 0 Å². The van der Waals surface area contributed by atoms with Crippen molar-refractivity contribution in [3.63, 3.8) is 0 Å². The summed E-state index contributed by atoms with van der Waals surface area (Å²) in [7, 11) is 0. The summed E-state index contributed by atoms with van der Waals surface area (Å²) in [6.45, 7) is 5.44. The zero-order chi connectivity index (χ0) is 19.8. The van der Waals surface area contributed by atoms with Gasteiger partial charge in [-0.15, -0.1) is 11.8 Å². The van der Waals surface area contributed by atoms with Gasteiger partial charge in [0.15, 0.2) is 0 Å². The molecule has 1 atom stereocenters. The molecule has 0 heterocycles. The fraction of sp³-hybridized carbons (Fsp3) is 0.333. The highest BCUT2D eigenvalue weighted by Gasteiger charge is 2.27. The molecule has 0 radical (unpaired) electrons. The SMILES string of the molecule is CC(C)NC(=O)[C@@H](C)N(Cc1ccccc1F)C(=O)CSc1ccccc1. The number of rotatable bonds is 8. The molecule has 0 bridgehead atoms. The minimum Gasteiger partial charge on any atom is -0.352 e. The van der Waals surface area contributed by atoms with Crippen LogP contribution in [0.1, 0.15) is 26.3 Å². The van der Waals surface area contributed by atoms with Crippen molar-refractivity contribution in [2.75, 3.05) is 5.75 Å². The fourth-order valence-electron chi connectivity index (χ4n) is 2.54. The Morgan fingerprint density at radius 3 is 2.30 bits per heavy atom. The van der Waals surface area contributed by atoms with Crippen LogP contribution in [-0.2, 0) is 16.1 Å². The molecule has 0 unspecified atom stereocenters. The first kappa shape index (κ1) is 21.0. The standard InChI is InChI=1S/C21H25FN2O2S/c1-15(2)23-21(26)16(3)24(13-17-9-7-8-12-19(17)22)20(25)14-27-18-10-5-4-6-11-18/h4-12,15-16H,13-14H2,1-3H3,(H,23,26)/t16-/m1/s1. The smallest absolute Gasteiger partial charge is 0.242 e. The lowest BCUT2D eigenvalue weighted by Gasteiger charge is -2.29. The Morgan fingerprint density at radius 2 is 1.67 bits per heavy atom. The lowest BCUT2D eigenvalue weighted by atomic mass is 10.1. The van der Waals surface area contributed by atoms with E-state index in [9.17, 15) is 14.0 Å². The number of hydrogen-bond donors (Lipinski definition) is 1. The molecule has 6 heteroatoms. The van der Waals surface area contributed by atoms with E-state index in [1.807, 2.05) is 44.2 Å². The number of nitrogens with one attached hydrogen (secondary N) is 1. The minimum atomic E-state index is -0.698. The summed E-state index contributed by atoms with van der Waals surface area (Å²) in [5.41, 5.74) is 0.389. The molecule has 0 aliphatic heterocycles. The summed E-state index contributed by atoms with van der Waals surface area (Å²) >= 11 is 1.40. The molecule has 0 aliphatic carbocycles. The molecule has 2 rings (SSSR count). The number of nitrogens with zero attached hydrogens (tertiary/aromatic N) is 1. The van der Waals surface area contributed by atoms with Crippen molar-refractivity contribution in [3.8, 4) is 0 Å². The molecule has 2 aromatic rings. The van der Waals surface area contributed by atoms with E-state index in [1.54, 1.807) is 25.1 Å². The number of halogens is 1. The van der Waals surface area contributed by atoms with E-state index in [1.165, 1.54) is 22.7 Å². The molecule has 0 fully saturated rings. The Bertz CT molecular complexity index is 768. The van der Waals surface area contributed by atoms with Gasteiger partial charge in [-0.25, -0.2) is 4.39 Å². The Kier molecular flexibility index (Phi) is 7.85. The second-order valence-electron chi connectivity index (χ2n) is 6.55. The maximum absolute atomic E-state index is 14.1. The van der Waals surface area contributed by atoms with Gasteiger partial charge in [0.05, 0.1) is 5.75 Å². The van der Waals surface area contributed by atoms with Crippen LogP contribution in [0.4, 0.5) is 4.39 Å². The van der Waals surface area contributed by atoms with E-state index in [2.05, 4.69) is 5.32 Å². The van der Waals surface area contributed by atoms with Gasteiger partial charge in [0, 0.05) is 23.0 Å². The molecule has 4 nitrogen and oxygen atoms in total. The van der Waals surface area contributed by atoms with Gasteiger partial charge in [0.25, 0.3) is 0 Å². The van der Waals surface area contributed by atoms with Crippen LogP contribution in [0.25, 0.3) is 0 Å². The summed E-state index contributed by atoms with van der Waals surface area (Å²) in [5, 5.41) is 2.82. The monoisotopic (exact) mass is 388 g/mol. The summed E-state index contributed by atoms with van der Waals surface area (Å²) in [6.07, 6.45) is 0. The summed E-state index contributed by atoms with van der Waals surface area (Å²) in [5.74, 6) is -0.669. The van der Waals surface area contributed by atoms with E-state index in [-0.39, 0.29) is 36.0 Å². The van der Waals surface area contributed by atoms with Crippen LogP contribution in [-0.4, -0.2) is 34.6 Å².